The predicted molar refractivity (Wildman–Crippen MR) is 112 cm³/mol. The van der Waals surface area contributed by atoms with Crippen LogP contribution in [0.5, 0.6) is 0 Å². The first-order valence-electron chi connectivity index (χ1n) is 9.96. The number of nitrogens with two attached hydrogens (primary N) is 1. The molecule has 0 heterocycles. The Morgan fingerprint density at radius 3 is 2.61 bits per heavy atom. The molecule has 3 rings (SSSR count). The second-order valence-electron chi connectivity index (χ2n) is 7.86. The largest absolute Gasteiger partial charge is 0.399 e. The van der Waals surface area contributed by atoms with Gasteiger partial charge in [0.1, 0.15) is 6.04 Å². The van der Waals surface area contributed by atoms with E-state index in [4.69, 9.17) is 5.73 Å². The van der Waals surface area contributed by atoms with E-state index in [0.29, 0.717) is 0 Å². The Kier molecular flexibility index (Phi) is 6.34. The highest BCUT2D eigenvalue weighted by Crippen LogP contribution is 2.31. The molecule has 0 aromatic heterocycles. The van der Waals surface area contributed by atoms with Crippen LogP contribution in [0, 0.1) is 5.92 Å². The Morgan fingerprint density at radius 1 is 1.14 bits per heavy atom. The molecular weight excluding hydrogens is 350 g/mol. The molecule has 0 spiro atoms. The van der Waals surface area contributed by atoms with Gasteiger partial charge in [0.05, 0.1) is 12.5 Å². The fraction of sp³-hybridized carbons (Fsp3) is 0.391. The van der Waals surface area contributed by atoms with E-state index < -0.39 is 6.04 Å². The van der Waals surface area contributed by atoms with E-state index in [1.54, 1.807) is 0 Å². The van der Waals surface area contributed by atoms with Crippen molar-refractivity contribution in [3.8, 4) is 0 Å². The maximum atomic E-state index is 13.0. The molecule has 0 fully saturated rings. The minimum Gasteiger partial charge on any atom is -0.399 e. The van der Waals surface area contributed by atoms with Gasteiger partial charge in [-0.3, -0.25) is 9.59 Å². The number of anilines is 1. The van der Waals surface area contributed by atoms with E-state index in [0.717, 1.165) is 36.1 Å². The minimum atomic E-state index is -0.560. The summed E-state index contributed by atoms with van der Waals surface area (Å²) in [6, 6.07) is 14.8. The first kappa shape index (κ1) is 19.9. The number of carbonyl (C=O) groups excluding carboxylic acids is 2. The Bertz CT molecular complexity index is 833. The minimum absolute atomic E-state index is 0.00537. The van der Waals surface area contributed by atoms with Gasteiger partial charge < -0.3 is 16.4 Å². The highest BCUT2D eigenvalue weighted by atomic mass is 16.2. The normalized spacial score (nSPS) is 16.9. The maximum absolute atomic E-state index is 13.0. The topological polar surface area (TPSA) is 84.2 Å². The van der Waals surface area contributed by atoms with Crippen LogP contribution < -0.4 is 16.4 Å². The highest BCUT2D eigenvalue weighted by molar-refractivity contribution is 5.88. The number of fused-ring (bicyclic) bond motifs is 1. The molecule has 2 aromatic carbocycles. The van der Waals surface area contributed by atoms with Crippen LogP contribution in [0.15, 0.2) is 48.5 Å². The number of carbonyl (C=O) groups is 2. The van der Waals surface area contributed by atoms with Crippen molar-refractivity contribution in [3.05, 3.63) is 65.2 Å². The monoisotopic (exact) mass is 379 g/mol. The quantitative estimate of drug-likeness (QED) is 0.674. The molecule has 5 heteroatoms. The molecule has 2 atom stereocenters. The zero-order chi connectivity index (χ0) is 20.1. The number of nitrogens with one attached hydrogen (secondary N) is 2. The van der Waals surface area contributed by atoms with Crippen LogP contribution in [0.4, 0.5) is 5.69 Å². The van der Waals surface area contributed by atoms with Crippen molar-refractivity contribution in [3.63, 3.8) is 0 Å². The van der Waals surface area contributed by atoms with Crippen molar-refractivity contribution in [2.24, 2.45) is 5.92 Å². The third-order valence-corrected chi connectivity index (χ3v) is 5.27. The summed E-state index contributed by atoms with van der Waals surface area (Å²) in [5.41, 5.74) is 9.91. The molecule has 148 valence electrons. The van der Waals surface area contributed by atoms with E-state index in [-0.39, 0.29) is 30.2 Å². The van der Waals surface area contributed by atoms with Gasteiger partial charge in [-0.2, -0.15) is 0 Å². The SMILES string of the molecule is CC(C)C(NC(=O)Cc1ccccc1)C(=O)NC1CCCc2cc(N)ccc21. The molecule has 5 nitrogen and oxygen atoms in total. The summed E-state index contributed by atoms with van der Waals surface area (Å²) in [6.07, 6.45) is 3.15. The van der Waals surface area contributed by atoms with Gasteiger partial charge in [0.2, 0.25) is 11.8 Å². The molecule has 2 amide bonds. The summed E-state index contributed by atoms with van der Waals surface area (Å²) in [4.78, 5) is 25.4. The Hall–Kier alpha value is -2.82. The van der Waals surface area contributed by atoms with Crippen LogP contribution in [0.3, 0.4) is 0 Å². The third-order valence-electron chi connectivity index (χ3n) is 5.27. The van der Waals surface area contributed by atoms with Gasteiger partial charge in [-0.1, -0.05) is 50.2 Å². The zero-order valence-electron chi connectivity index (χ0n) is 16.6. The van der Waals surface area contributed by atoms with E-state index in [1.165, 1.54) is 5.56 Å². The average Bonchev–Trinajstić information content (AvgIpc) is 2.66. The molecule has 28 heavy (non-hydrogen) atoms. The van der Waals surface area contributed by atoms with Crippen molar-refractivity contribution >= 4 is 17.5 Å². The second kappa shape index (κ2) is 8.91. The van der Waals surface area contributed by atoms with Crippen LogP contribution in [-0.4, -0.2) is 17.9 Å². The number of hydrogen-bond acceptors (Lipinski definition) is 3. The van der Waals surface area contributed by atoms with Crippen molar-refractivity contribution in [2.45, 2.75) is 51.6 Å². The fourth-order valence-corrected chi connectivity index (χ4v) is 3.79. The van der Waals surface area contributed by atoms with Crippen LogP contribution in [0.1, 0.15) is 49.4 Å². The summed E-state index contributed by atoms with van der Waals surface area (Å²) >= 11 is 0. The van der Waals surface area contributed by atoms with E-state index in [2.05, 4.69) is 10.6 Å². The van der Waals surface area contributed by atoms with Gasteiger partial charge in [0.15, 0.2) is 0 Å². The first-order valence-corrected chi connectivity index (χ1v) is 9.96. The molecule has 0 aliphatic heterocycles. The summed E-state index contributed by atoms with van der Waals surface area (Å²) in [5.74, 6) is -0.280. The number of aryl methyl sites for hydroxylation is 1. The lowest BCUT2D eigenvalue weighted by atomic mass is 9.87. The lowest BCUT2D eigenvalue weighted by Gasteiger charge is -2.29. The maximum Gasteiger partial charge on any atom is 0.243 e. The van der Waals surface area contributed by atoms with Crippen molar-refractivity contribution in [2.75, 3.05) is 5.73 Å². The highest BCUT2D eigenvalue weighted by Gasteiger charge is 2.28. The molecule has 0 saturated heterocycles. The van der Waals surface area contributed by atoms with Crippen molar-refractivity contribution in [1.29, 1.82) is 0 Å². The first-order chi connectivity index (χ1) is 13.4. The van der Waals surface area contributed by atoms with Crippen LogP contribution >= 0.6 is 0 Å². The molecule has 0 radical (unpaired) electrons. The fourth-order valence-electron chi connectivity index (χ4n) is 3.79. The lowest BCUT2D eigenvalue weighted by Crippen LogP contribution is -2.51. The van der Waals surface area contributed by atoms with Crippen LogP contribution in [0.25, 0.3) is 0 Å². The number of benzene rings is 2. The number of hydrogen-bond donors (Lipinski definition) is 3. The molecular formula is C23H29N3O2. The molecule has 4 N–H and O–H groups in total. The van der Waals surface area contributed by atoms with Gasteiger partial charge in [0, 0.05) is 5.69 Å². The Labute approximate surface area is 166 Å². The molecule has 2 aromatic rings. The molecule has 0 saturated carbocycles. The summed E-state index contributed by atoms with van der Waals surface area (Å²) < 4.78 is 0. The summed E-state index contributed by atoms with van der Waals surface area (Å²) in [5, 5.41) is 6.07. The molecule has 0 bridgehead atoms. The van der Waals surface area contributed by atoms with Gasteiger partial charge in [-0.05, 0) is 54.0 Å². The number of nitrogen functional groups attached to an aromatic ring is 1. The smallest absolute Gasteiger partial charge is 0.243 e. The third kappa shape index (κ3) is 4.91. The van der Waals surface area contributed by atoms with E-state index in [9.17, 15) is 9.59 Å². The van der Waals surface area contributed by atoms with Gasteiger partial charge in [-0.15, -0.1) is 0 Å². The molecule has 2 unspecified atom stereocenters. The summed E-state index contributed by atoms with van der Waals surface area (Å²) in [7, 11) is 0. The molecule has 1 aliphatic carbocycles. The molecule has 1 aliphatic rings. The Balaban J connectivity index is 1.66. The standard InChI is InChI=1S/C23H29N3O2/c1-15(2)22(26-21(27)13-16-7-4-3-5-8-16)23(28)25-20-10-6-9-17-14-18(24)11-12-19(17)20/h3-5,7-8,11-12,14-15,20,22H,6,9-10,13,24H2,1-2H3,(H,25,28)(H,26,27). The van der Waals surface area contributed by atoms with Gasteiger partial charge >= 0.3 is 0 Å². The van der Waals surface area contributed by atoms with Crippen LogP contribution in [0.2, 0.25) is 0 Å². The number of rotatable bonds is 6. The average molecular weight is 380 g/mol. The lowest BCUT2D eigenvalue weighted by molar-refractivity contribution is -0.130. The van der Waals surface area contributed by atoms with Crippen molar-refractivity contribution < 1.29 is 9.59 Å². The van der Waals surface area contributed by atoms with E-state index >= 15 is 0 Å². The Morgan fingerprint density at radius 2 is 1.89 bits per heavy atom. The number of amides is 2. The predicted octanol–water partition coefficient (Wildman–Crippen LogP) is 3.15. The van der Waals surface area contributed by atoms with Gasteiger partial charge in [0.25, 0.3) is 0 Å². The van der Waals surface area contributed by atoms with Crippen LogP contribution in [-0.2, 0) is 22.4 Å². The van der Waals surface area contributed by atoms with Gasteiger partial charge in [-0.25, -0.2) is 0 Å². The zero-order valence-corrected chi connectivity index (χ0v) is 16.6. The summed E-state index contributed by atoms with van der Waals surface area (Å²) in [6.45, 7) is 3.89. The van der Waals surface area contributed by atoms with E-state index in [1.807, 2.05) is 62.4 Å². The van der Waals surface area contributed by atoms with Crippen molar-refractivity contribution in [1.82, 2.24) is 10.6 Å². The second-order valence-corrected chi connectivity index (χ2v) is 7.86.